The number of aliphatic hydroxyl groups is 1. The molecule has 0 aromatic heterocycles. The van der Waals surface area contributed by atoms with Gasteiger partial charge in [0, 0.05) is 26.6 Å². The molecular weight excluding hydrogens is 222 g/mol. The molecule has 98 valence electrons. The molecule has 0 aromatic carbocycles. The molecular formula is C12H21NO4. The Balaban J connectivity index is 2.69. The number of β-amino-alcohol motifs (C(OH)–C–C–N with tert-alkyl or cyclic N) is 1. The van der Waals surface area contributed by atoms with Crippen LogP contribution >= 0.6 is 0 Å². The van der Waals surface area contributed by atoms with E-state index in [2.05, 4.69) is 0 Å². The maximum absolute atomic E-state index is 12.0. The van der Waals surface area contributed by atoms with E-state index in [1.54, 1.807) is 27.9 Å². The smallest absolute Gasteiger partial charge is 0.235 e. The van der Waals surface area contributed by atoms with Gasteiger partial charge in [0.15, 0.2) is 0 Å². The molecule has 0 saturated carbocycles. The normalized spacial score (nSPS) is 23.0. The second-order valence-electron chi connectivity index (χ2n) is 5.59. The summed E-state index contributed by atoms with van der Waals surface area (Å²) in [6.45, 7) is 5.54. The SMILES string of the molecule is COCCC(C)(O)CN1C(=O)CC(C)(C)C1=O. The Labute approximate surface area is 102 Å². The molecule has 0 aliphatic carbocycles. The summed E-state index contributed by atoms with van der Waals surface area (Å²) in [6, 6.07) is 0. The molecule has 2 amide bonds. The summed E-state index contributed by atoms with van der Waals surface area (Å²) in [5, 5.41) is 10.1. The second kappa shape index (κ2) is 4.74. The number of rotatable bonds is 5. The average Bonchev–Trinajstić information content (AvgIpc) is 2.38. The van der Waals surface area contributed by atoms with Crippen LogP contribution in [0.2, 0.25) is 0 Å². The summed E-state index contributed by atoms with van der Waals surface area (Å²) in [4.78, 5) is 24.8. The number of ether oxygens (including phenoxy) is 1. The third-order valence-corrected chi connectivity index (χ3v) is 3.06. The van der Waals surface area contributed by atoms with Gasteiger partial charge in [0.25, 0.3) is 0 Å². The molecule has 1 rings (SSSR count). The lowest BCUT2D eigenvalue weighted by Crippen LogP contribution is -2.45. The van der Waals surface area contributed by atoms with Gasteiger partial charge in [-0.3, -0.25) is 14.5 Å². The van der Waals surface area contributed by atoms with Crippen LogP contribution in [0.25, 0.3) is 0 Å². The fraction of sp³-hybridized carbons (Fsp3) is 0.833. The Morgan fingerprint density at radius 3 is 2.47 bits per heavy atom. The predicted octanol–water partition coefficient (Wildman–Crippen LogP) is 0.559. The lowest BCUT2D eigenvalue weighted by atomic mass is 9.92. The van der Waals surface area contributed by atoms with Crippen molar-refractivity contribution in [1.29, 1.82) is 0 Å². The highest BCUT2D eigenvalue weighted by Gasteiger charge is 2.46. The first-order valence-electron chi connectivity index (χ1n) is 5.76. The third-order valence-electron chi connectivity index (χ3n) is 3.06. The van der Waals surface area contributed by atoms with Gasteiger partial charge in [0.1, 0.15) is 0 Å². The lowest BCUT2D eigenvalue weighted by Gasteiger charge is -2.28. The molecule has 1 aliphatic rings. The van der Waals surface area contributed by atoms with Gasteiger partial charge in [-0.15, -0.1) is 0 Å². The minimum atomic E-state index is -1.10. The number of methoxy groups -OCH3 is 1. The molecule has 1 heterocycles. The maximum Gasteiger partial charge on any atom is 0.235 e. The Bertz CT molecular complexity index is 322. The van der Waals surface area contributed by atoms with E-state index in [9.17, 15) is 14.7 Å². The van der Waals surface area contributed by atoms with Gasteiger partial charge in [-0.2, -0.15) is 0 Å². The van der Waals surface area contributed by atoms with Crippen LogP contribution in [-0.4, -0.2) is 47.7 Å². The van der Waals surface area contributed by atoms with Crippen LogP contribution in [0.3, 0.4) is 0 Å². The van der Waals surface area contributed by atoms with Gasteiger partial charge < -0.3 is 9.84 Å². The largest absolute Gasteiger partial charge is 0.388 e. The molecule has 1 atom stereocenters. The monoisotopic (exact) mass is 243 g/mol. The number of imide groups is 1. The molecule has 1 fully saturated rings. The molecule has 0 aromatic rings. The average molecular weight is 243 g/mol. The van der Waals surface area contributed by atoms with E-state index in [0.717, 1.165) is 4.90 Å². The molecule has 17 heavy (non-hydrogen) atoms. The van der Waals surface area contributed by atoms with E-state index in [4.69, 9.17) is 4.74 Å². The van der Waals surface area contributed by atoms with E-state index < -0.39 is 11.0 Å². The van der Waals surface area contributed by atoms with Crippen molar-refractivity contribution < 1.29 is 19.4 Å². The Morgan fingerprint density at radius 2 is 2.06 bits per heavy atom. The lowest BCUT2D eigenvalue weighted by molar-refractivity contribution is -0.145. The highest BCUT2D eigenvalue weighted by atomic mass is 16.5. The molecule has 1 unspecified atom stereocenters. The van der Waals surface area contributed by atoms with Gasteiger partial charge in [0.2, 0.25) is 11.8 Å². The van der Waals surface area contributed by atoms with Gasteiger partial charge in [-0.05, 0) is 6.92 Å². The van der Waals surface area contributed by atoms with Gasteiger partial charge in [0.05, 0.1) is 17.6 Å². The van der Waals surface area contributed by atoms with Crippen molar-refractivity contribution in [3.8, 4) is 0 Å². The van der Waals surface area contributed by atoms with Crippen LogP contribution in [0.15, 0.2) is 0 Å². The molecule has 0 bridgehead atoms. The van der Waals surface area contributed by atoms with Crippen molar-refractivity contribution in [2.24, 2.45) is 5.41 Å². The molecule has 1 N–H and O–H groups in total. The summed E-state index contributed by atoms with van der Waals surface area (Å²) >= 11 is 0. The number of carbonyl (C=O) groups excluding carboxylic acids is 2. The van der Waals surface area contributed by atoms with Crippen LogP contribution in [-0.2, 0) is 14.3 Å². The Hall–Kier alpha value is -0.940. The minimum absolute atomic E-state index is 0.0391. The number of nitrogens with zero attached hydrogens (tertiary/aromatic N) is 1. The molecule has 0 radical (unpaired) electrons. The van der Waals surface area contributed by atoms with Crippen molar-refractivity contribution in [3.05, 3.63) is 0 Å². The standard InChI is InChI=1S/C12H21NO4/c1-11(2)7-9(14)13(10(11)15)8-12(3,16)5-6-17-4/h16H,5-8H2,1-4H3. The van der Waals surface area contributed by atoms with Crippen LogP contribution in [0.5, 0.6) is 0 Å². The first kappa shape index (κ1) is 14.1. The van der Waals surface area contributed by atoms with Crippen molar-refractivity contribution >= 4 is 11.8 Å². The van der Waals surface area contributed by atoms with Crippen LogP contribution in [0.4, 0.5) is 0 Å². The van der Waals surface area contributed by atoms with Crippen molar-refractivity contribution in [2.45, 2.75) is 39.2 Å². The summed E-state index contributed by atoms with van der Waals surface area (Å²) in [7, 11) is 1.55. The number of hydrogen-bond donors (Lipinski definition) is 1. The molecule has 5 nitrogen and oxygen atoms in total. The zero-order chi connectivity index (χ0) is 13.3. The molecule has 1 aliphatic heterocycles. The summed E-state index contributed by atoms with van der Waals surface area (Å²) < 4.78 is 4.89. The van der Waals surface area contributed by atoms with Crippen molar-refractivity contribution in [1.82, 2.24) is 4.90 Å². The Morgan fingerprint density at radius 1 is 1.47 bits per heavy atom. The number of hydrogen-bond acceptors (Lipinski definition) is 4. The van der Waals surface area contributed by atoms with Crippen LogP contribution in [0, 0.1) is 5.41 Å². The van der Waals surface area contributed by atoms with E-state index >= 15 is 0 Å². The van der Waals surface area contributed by atoms with Gasteiger partial charge in [-0.25, -0.2) is 0 Å². The zero-order valence-corrected chi connectivity index (χ0v) is 10.9. The zero-order valence-electron chi connectivity index (χ0n) is 10.9. The molecule has 5 heteroatoms. The highest BCUT2D eigenvalue weighted by molar-refractivity contribution is 6.05. The number of amides is 2. The minimum Gasteiger partial charge on any atom is -0.388 e. The Kier molecular flexibility index (Phi) is 3.94. The van der Waals surface area contributed by atoms with Crippen molar-refractivity contribution in [3.63, 3.8) is 0 Å². The summed E-state index contributed by atoms with van der Waals surface area (Å²) in [5.41, 5.74) is -1.74. The summed E-state index contributed by atoms with van der Waals surface area (Å²) in [5.74, 6) is -0.419. The van der Waals surface area contributed by atoms with E-state index in [-0.39, 0.29) is 24.8 Å². The van der Waals surface area contributed by atoms with Crippen LogP contribution in [0.1, 0.15) is 33.6 Å². The van der Waals surface area contributed by atoms with Crippen LogP contribution < -0.4 is 0 Å². The van der Waals surface area contributed by atoms with E-state index in [0.29, 0.717) is 13.0 Å². The van der Waals surface area contributed by atoms with Crippen molar-refractivity contribution in [2.75, 3.05) is 20.3 Å². The fourth-order valence-electron chi connectivity index (χ4n) is 1.93. The first-order valence-corrected chi connectivity index (χ1v) is 5.76. The van der Waals surface area contributed by atoms with E-state index in [1.807, 2.05) is 0 Å². The van der Waals surface area contributed by atoms with Gasteiger partial charge in [-0.1, -0.05) is 13.8 Å². The number of likely N-dealkylation sites (tertiary alicyclic amines) is 1. The molecule has 1 saturated heterocycles. The first-order chi connectivity index (χ1) is 7.69. The summed E-state index contributed by atoms with van der Waals surface area (Å²) in [6.07, 6.45) is 0.604. The van der Waals surface area contributed by atoms with E-state index in [1.165, 1.54) is 0 Å². The highest BCUT2D eigenvalue weighted by Crippen LogP contribution is 2.32. The quantitative estimate of drug-likeness (QED) is 0.716. The third kappa shape index (κ3) is 3.26. The maximum atomic E-state index is 12.0. The fourth-order valence-corrected chi connectivity index (χ4v) is 1.93. The van der Waals surface area contributed by atoms with Gasteiger partial charge >= 0.3 is 0 Å². The predicted molar refractivity (Wildman–Crippen MR) is 62.2 cm³/mol. The molecule has 0 spiro atoms. The number of carbonyl (C=O) groups is 2. The second-order valence-corrected chi connectivity index (χ2v) is 5.59. The topological polar surface area (TPSA) is 66.8 Å².